The topological polar surface area (TPSA) is 9.86 Å². The Labute approximate surface area is 357 Å². The molecule has 2 heteroatoms. The molecule has 292 valence electrons. The number of hydrogen-bond donors (Lipinski definition) is 0. The van der Waals surface area contributed by atoms with Gasteiger partial charge in [-0.2, -0.15) is 0 Å². The van der Waals surface area contributed by atoms with Crippen LogP contribution in [0.5, 0.6) is 0 Å². The highest BCUT2D eigenvalue weighted by molar-refractivity contribution is 6.15. The Kier molecular flexibility index (Phi) is 7.72. The molecule has 0 unspecified atom stereocenters. The Morgan fingerprint density at radius 2 is 0.836 bits per heavy atom. The van der Waals surface area contributed by atoms with E-state index in [-0.39, 0.29) is 10.8 Å². The fourth-order valence-corrected chi connectivity index (χ4v) is 11.2. The second-order valence-electron chi connectivity index (χ2n) is 18.5. The van der Waals surface area contributed by atoms with Gasteiger partial charge in [0.25, 0.3) is 0 Å². The van der Waals surface area contributed by atoms with Gasteiger partial charge in [-0.05, 0) is 145 Å². The summed E-state index contributed by atoms with van der Waals surface area (Å²) in [5.41, 5.74) is 17.9. The van der Waals surface area contributed by atoms with Crippen molar-refractivity contribution in [1.29, 1.82) is 0 Å². The third-order valence-corrected chi connectivity index (χ3v) is 13.6. The lowest BCUT2D eigenvalue weighted by Crippen LogP contribution is -2.18. The summed E-state index contributed by atoms with van der Waals surface area (Å²) in [5.74, 6) is 0. The molecule has 0 spiro atoms. The zero-order chi connectivity index (χ0) is 41.0. The monoisotopic (exact) mass is 782 g/mol. The Morgan fingerprint density at radius 1 is 0.344 bits per heavy atom. The van der Waals surface area contributed by atoms with Gasteiger partial charge in [0.05, 0.1) is 22.1 Å². The van der Waals surface area contributed by atoms with Crippen molar-refractivity contribution >= 4 is 54.4 Å². The smallest absolute Gasteiger partial charge is 0.0547 e. The van der Waals surface area contributed by atoms with Crippen LogP contribution in [0.3, 0.4) is 0 Å². The maximum atomic E-state index is 2.48. The summed E-state index contributed by atoms with van der Waals surface area (Å²) in [6.45, 7) is 9.65. The molecule has 0 bridgehead atoms. The minimum absolute atomic E-state index is 0.0930. The van der Waals surface area contributed by atoms with Crippen LogP contribution in [0, 0.1) is 0 Å². The third kappa shape index (κ3) is 5.55. The molecular formula is C59H46N2. The van der Waals surface area contributed by atoms with Gasteiger partial charge in [-0.25, -0.2) is 0 Å². The first-order chi connectivity index (χ1) is 29.7. The number of para-hydroxylation sites is 1. The average molecular weight is 783 g/mol. The van der Waals surface area contributed by atoms with Crippen molar-refractivity contribution < 1.29 is 0 Å². The summed E-state index contributed by atoms with van der Waals surface area (Å²) >= 11 is 0. The molecule has 2 heterocycles. The Balaban J connectivity index is 1.06. The zero-order valence-corrected chi connectivity index (χ0v) is 35.1. The van der Waals surface area contributed by atoms with E-state index in [4.69, 9.17) is 0 Å². The zero-order valence-electron chi connectivity index (χ0n) is 35.1. The molecule has 0 atom stereocenters. The van der Waals surface area contributed by atoms with Gasteiger partial charge < -0.3 is 9.13 Å². The molecule has 0 saturated carbocycles. The largest absolute Gasteiger partial charge is 0.309 e. The molecule has 9 aromatic carbocycles. The normalized spacial score (nSPS) is 14.4. The molecule has 0 radical (unpaired) electrons. The van der Waals surface area contributed by atoms with Crippen LogP contribution in [0.2, 0.25) is 0 Å². The van der Waals surface area contributed by atoms with Crippen LogP contribution in [0.15, 0.2) is 194 Å². The van der Waals surface area contributed by atoms with Crippen LogP contribution in [-0.4, -0.2) is 9.13 Å². The second kappa shape index (κ2) is 13.2. The first-order valence-corrected chi connectivity index (χ1v) is 21.6. The fraction of sp³-hybridized carbons (Fsp3) is 0.119. The molecule has 2 nitrogen and oxygen atoms in total. The SMILES string of the molecule is CC1(C)CC(C)(C)c2c(-c3cccc(-n4c5ccc(-c6ccccc6)cc5c5cc(-c6ccc7c(c6)c6cc8ccccc8cc6n7-c6ccccc6)ccc54)c3)cccc21. The predicted octanol–water partition coefficient (Wildman–Crippen LogP) is 16.0. The van der Waals surface area contributed by atoms with E-state index in [0.29, 0.717) is 0 Å². The maximum Gasteiger partial charge on any atom is 0.0547 e. The first-order valence-electron chi connectivity index (χ1n) is 21.6. The highest BCUT2D eigenvalue weighted by atomic mass is 15.0. The van der Waals surface area contributed by atoms with Crippen molar-refractivity contribution in [3.8, 4) is 44.8 Å². The standard InChI is InChI=1S/C59H46N2/c1-58(2)37-59(3,4)57-47(23-14-24-52(57)58)44-19-13-22-46(31-44)61-54-28-25-41(38-15-7-5-8-16-38)33-48(54)49-34-42(27-30-55(49)61)43-26-29-53-50(35-43)51-32-39-17-11-12-18-40(39)36-56(51)60(53)45-20-9-6-10-21-45/h5-36H,37H2,1-4H3. The summed E-state index contributed by atoms with van der Waals surface area (Å²) in [6.07, 6.45) is 1.14. The number of aromatic nitrogens is 2. The minimum atomic E-state index is 0.0930. The Bertz CT molecular complexity index is 3540. The average Bonchev–Trinajstić information content (AvgIpc) is 3.86. The number of nitrogens with zero attached hydrogens (tertiary/aromatic N) is 2. The lowest BCUT2D eigenvalue weighted by Gasteiger charge is -2.24. The molecule has 0 fully saturated rings. The van der Waals surface area contributed by atoms with E-state index in [1.54, 1.807) is 0 Å². The summed E-state index contributed by atoms with van der Waals surface area (Å²) in [7, 11) is 0. The molecule has 0 saturated heterocycles. The molecule has 12 rings (SSSR count). The predicted molar refractivity (Wildman–Crippen MR) is 260 cm³/mol. The first kappa shape index (κ1) is 35.8. The summed E-state index contributed by atoms with van der Waals surface area (Å²) < 4.78 is 4.90. The molecule has 0 N–H and O–H groups in total. The van der Waals surface area contributed by atoms with Crippen molar-refractivity contribution in [1.82, 2.24) is 9.13 Å². The van der Waals surface area contributed by atoms with Gasteiger partial charge in [0.2, 0.25) is 0 Å². The molecule has 1 aliphatic rings. The van der Waals surface area contributed by atoms with E-state index < -0.39 is 0 Å². The van der Waals surface area contributed by atoms with Gasteiger partial charge in [0.1, 0.15) is 0 Å². The molecule has 2 aromatic heterocycles. The van der Waals surface area contributed by atoms with Crippen LogP contribution < -0.4 is 0 Å². The van der Waals surface area contributed by atoms with Crippen LogP contribution >= 0.6 is 0 Å². The summed E-state index contributed by atoms with van der Waals surface area (Å²) in [6, 6.07) is 72.3. The van der Waals surface area contributed by atoms with E-state index in [2.05, 4.69) is 231 Å². The van der Waals surface area contributed by atoms with Crippen molar-refractivity contribution in [2.45, 2.75) is 44.9 Å². The van der Waals surface area contributed by atoms with Gasteiger partial charge in [0.15, 0.2) is 0 Å². The van der Waals surface area contributed by atoms with E-state index in [0.717, 1.165) is 6.42 Å². The number of hydrogen-bond acceptors (Lipinski definition) is 0. The van der Waals surface area contributed by atoms with Crippen LogP contribution in [0.1, 0.15) is 45.2 Å². The minimum Gasteiger partial charge on any atom is -0.309 e. The van der Waals surface area contributed by atoms with Crippen LogP contribution in [-0.2, 0) is 10.8 Å². The van der Waals surface area contributed by atoms with E-state index in [9.17, 15) is 0 Å². The summed E-state index contributed by atoms with van der Waals surface area (Å²) in [4.78, 5) is 0. The molecule has 11 aromatic rings. The van der Waals surface area contributed by atoms with Gasteiger partial charge in [-0.1, -0.05) is 149 Å². The molecule has 1 aliphatic carbocycles. The number of fused-ring (bicyclic) bond motifs is 8. The van der Waals surface area contributed by atoms with Crippen molar-refractivity contribution in [2.24, 2.45) is 0 Å². The molecular weight excluding hydrogens is 737 g/mol. The third-order valence-electron chi connectivity index (χ3n) is 13.6. The number of benzene rings is 9. The quantitative estimate of drug-likeness (QED) is 0.165. The molecule has 61 heavy (non-hydrogen) atoms. The Morgan fingerprint density at radius 3 is 1.48 bits per heavy atom. The van der Waals surface area contributed by atoms with Crippen LogP contribution in [0.4, 0.5) is 0 Å². The highest BCUT2D eigenvalue weighted by Crippen LogP contribution is 2.53. The Hall–Kier alpha value is -7.16. The van der Waals surface area contributed by atoms with Crippen LogP contribution in [0.25, 0.3) is 99.1 Å². The fourth-order valence-electron chi connectivity index (χ4n) is 11.2. The van der Waals surface area contributed by atoms with E-state index >= 15 is 0 Å². The molecule has 0 amide bonds. The van der Waals surface area contributed by atoms with Gasteiger partial charge >= 0.3 is 0 Å². The van der Waals surface area contributed by atoms with Crippen molar-refractivity contribution in [3.63, 3.8) is 0 Å². The van der Waals surface area contributed by atoms with Gasteiger partial charge in [-0.3, -0.25) is 0 Å². The van der Waals surface area contributed by atoms with Gasteiger partial charge in [-0.15, -0.1) is 0 Å². The van der Waals surface area contributed by atoms with Gasteiger partial charge in [0, 0.05) is 32.9 Å². The summed E-state index contributed by atoms with van der Waals surface area (Å²) in [5, 5.41) is 7.52. The van der Waals surface area contributed by atoms with E-state index in [1.165, 1.54) is 110 Å². The second-order valence-corrected chi connectivity index (χ2v) is 18.5. The lowest BCUT2D eigenvalue weighted by atomic mass is 9.80. The highest BCUT2D eigenvalue weighted by Gasteiger charge is 2.43. The number of rotatable bonds is 5. The van der Waals surface area contributed by atoms with E-state index in [1.807, 2.05) is 0 Å². The molecule has 0 aliphatic heterocycles. The lowest BCUT2D eigenvalue weighted by molar-refractivity contribution is 0.403. The van der Waals surface area contributed by atoms with Crippen molar-refractivity contribution in [2.75, 3.05) is 0 Å². The van der Waals surface area contributed by atoms with Crippen molar-refractivity contribution in [3.05, 3.63) is 205 Å². The maximum absolute atomic E-state index is 2.48.